The van der Waals surface area contributed by atoms with Gasteiger partial charge >= 0.3 is 0 Å². The minimum Gasteiger partial charge on any atom is -0.467 e. The summed E-state index contributed by atoms with van der Waals surface area (Å²) in [5, 5.41) is 8.98. The highest BCUT2D eigenvalue weighted by molar-refractivity contribution is 5.97. The lowest BCUT2D eigenvalue weighted by atomic mass is 10.0. The van der Waals surface area contributed by atoms with E-state index >= 15 is 0 Å². The van der Waals surface area contributed by atoms with Gasteiger partial charge in [0.1, 0.15) is 12.3 Å². The van der Waals surface area contributed by atoms with Crippen LogP contribution in [0.1, 0.15) is 21.7 Å². The smallest absolute Gasteiger partial charge is 0.255 e. The van der Waals surface area contributed by atoms with Gasteiger partial charge in [0.15, 0.2) is 5.82 Å². The molecule has 0 aliphatic carbocycles. The molecule has 0 saturated carbocycles. The molecule has 0 spiro atoms. The molecule has 1 aliphatic rings. The van der Waals surface area contributed by atoms with Crippen LogP contribution in [-0.2, 0) is 11.3 Å². The van der Waals surface area contributed by atoms with Gasteiger partial charge in [-0.05, 0) is 53.9 Å². The standard InChI is InChI=1S/C35H33N5O3/c1-26-8-5-6-12-31(26)35(42)40(24-30-11-7-23-43-30)25-34(41)39-21-19-38(20-22-39)33-18-17-32(36-37-33)29-15-13-28(14-16-29)27-9-3-2-4-10-27/h2-18,23H,19-22,24-25H2,1H3. The van der Waals surface area contributed by atoms with Crippen LogP contribution in [0.4, 0.5) is 5.82 Å². The second kappa shape index (κ2) is 12.7. The van der Waals surface area contributed by atoms with Crippen molar-refractivity contribution in [2.75, 3.05) is 37.6 Å². The Morgan fingerprint density at radius 2 is 1.44 bits per heavy atom. The van der Waals surface area contributed by atoms with Crippen LogP contribution in [0.3, 0.4) is 0 Å². The zero-order valence-electron chi connectivity index (χ0n) is 24.1. The van der Waals surface area contributed by atoms with E-state index in [1.165, 1.54) is 5.56 Å². The van der Waals surface area contributed by atoms with Crippen LogP contribution in [0, 0.1) is 6.92 Å². The molecule has 3 aromatic carbocycles. The molecule has 1 saturated heterocycles. The van der Waals surface area contributed by atoms with Gasteiger partial charge in [-0.15, -0.1) is 10.2 Å². The maximum Gasteiger partial charge on any atom is 0.255 e. The minimum absolute atomic E-state index is 0.0224. The van der Waals surface area contributed by atoms with Gasteiger partial charge in [-0.25, -0.2) is 0 Å². The van der Waals surface area contributed by atoms with Gasteiger partial charge in [0, 0.05) is 37.3 Å². The number of piperazine rings is 1. The summed E-state index contributed by atoms with van der Waals surface area (Å²) in [6, 6.07) is 33.6. The molecule has 8 nitrogen and oxygen atoms in total. The number of nitrogens with zero attached hydrogens (tertiary/aromatic N) is 5. The maximum absolute atomic E-state index is 13.4. The van der Waals surface area contributed by atoms with Crippen molar-refractivity contribution in [3.8, 4) is 22.4 Å². The summed E-state index contributed by atoms with van der Waals surface area (Å²) in [5.41, 5.74) is 5.61. The molecular formula is C35H33N5O3. The van der Waals surface area contributed by atoms with Gasteiger partial charge in [0.25, 0.3) is 5.91 Å². The molecular weight excluding hydrogens is 538 g/mol. The average Bonchev–Trinajstić information content (AvgIpc) is 3.58. The molecule has 2 amide bonds. The molecule has 0 N–H and O–H groups in total. The summed E-state index contributed by atoms with van der Waals surface area (Å²) in [7, 11) is 0. The molecule has 3 heterocycles. The number of aryl methyl sites for hydroxylation is 1. The molecule has 216 valence electrons. The third kappa shape index (κ3) is 6.48. The number of carbonyl (C=O) groups excluding carboxylic acids is 2. The van der Waals surface area contributed by atoms with Gasteiger partial charge in [-0.2, -0.15) is 0 Å². The van der Waals surface area contributed by atoms with Gasteiger partial charge in [0.05, 0.1) is 18.5 Å². The van der Waals surface area contributed by atoms with Crippen molar-refractivity contribution >= 4 is 17.6 Å². The number of hydrogen-bond acceptors (Lipinski definition) is 6. The third-order valence-corrected chi connectivity index (χ3v) is 7.81. The molecule has 0 radical (unpaired) electrons. The number of aromatic nitrogens is 2. The fourth-order valence-corrected chi connectivity index (χ4v) is 5.33. The van der Waals surface area contributed by atoms with Gasteiger partial charge in [-0.3, -0.25) is 9.59 Å². The van der Waals surface area contributed by atoms with Gasteiger partial charge < -0.3 is 19.1 Å². The van der Waals surface area contributed by atoms with E-state index in [9.17, 15) is 9.59 Å². The van der Waals surface area contributed by atoms with Gasteiger partial charge in [0.2, 0.25) is 5.91 Å². The van der Waals surface area contributed by atoms with Crippen LogP contribution in [0.5, 0.6) is 0 Å². The summed E-state index contributed by atoms with van der Waals surface area (Å²) >= 11 is 0. The van der Waals surface area contributed by atoms with E-state index in [0.29, 0.717) is 37.5 Å². The normalized spacial score (nSPS) is 13.1. The van der Waals surface area contributed by atoms with Crippen molar-refractivity contribution in [1.82, 2.24) is 20.0 Å². The zero-order valence-corrected chi connectivity index (χ0v) is 24.1. The van der Waals surface area contributed by atoms with Crippen molar-refractivity contribution in [1.29, 1.82) is 0 Å². The minimum atomic E-state index is -0.188. The zero-order chi connectivity index (χ0) is 29.6. The van der Waals surface area contributed by atoms with E-state index in [4.69, 9.17) is 4.42 Å². The Morgan fingerprint density at radius 1 is 0.744 bits per heavy atom. The molecule has 43 heavy (non-hydrogen) atoms. The van der Waals surface area contributed by atoms with E-state index in [-0.39, 0.29) is 24.9 Å². The van der Waals surface area contributed by atoms with Crippen LogP contribution < -0.4 is 4.90 Å². The first-order valence-corrected chi connectivity index (χ1v) is 14.4. The lowest BCUT2D eigenvalue weighted by Crippen LogP contribution is -2.52. The van der Waals surface area contributed by atoms with E-state index < -0.39 is 0 Å². The largest absolute Gasteiger partial charge is 0.467 e. The summed E-state index contributed by atoms with van der Waals surface area (Å²) < 4.78 is 5.49. The molecule has 0 atom stereocenters. The highest BCUT2D eigenvalue weighted by Crippen LogP contribution is 2.24. The average molecular weight is 572 g/mol. The van der Waals surface area contributed by atoms with Gasteiger partial charge in [-0.1, -0.05) is 72.8 Å². The molecule has 6 rings (SSSR count). The fourth-order valence-electron chi connectivity index (χ4n) is 5.33. The molecule has 1 aliphatic heterocycles. The first-order valence-electron chi connectivity index (χ1n) is 14.4. The molecule has 0 unspecified atom stereocenters. The van der Waals surface area contributed by atoms with E-state index in [1.807, 2.05) is 66.4 Å². The van der Waals surface area contributed by atoms with Crippen LogP contribution in [-0.4, -0.2) is 64.5 Å². The van der Waals surface area contributed by atoms with Crippen LogP contribution in [0.15, 0.2) is 114 Å². The fraction of sp³-hybridized carbons (Fsp3) is 0.200. The van der Waals surface area contributed by atoms with E-state index in [1.54, 1.807) is 23.3 Å². The Bertz CT molecular complexity index is 1660. The first-order chi connectivity index (χ1) is 21.0. The monoisotopic (exact) mass is 571 g/mol. The van der Waals surface area contributed by atoms with Crippen molar-refractivity contribution in [2.45, 2.75) is 13.5 Å². The predicted octanol–water partition coefficient (Wildman–Crippen LogP) is 5.70. The highest BCUT2D eigenvalue weighted by atomic mass is 16.3. The molecule has 1 fully saturated rings. The Kier molecular flexibility index (Phi) is 8.26. The van der Waals surface area contributed by atoms with Crippen molar-refractivity contribution in [3.05, 3.63) is 126 Å². The number of amides is 2. The third-order valence-electron chi connectivity index (χ3n) is 7.81. The summed E-state index contributed by atoms with van der Waals surface area (Å²) in [5.74, 6) is 1.14. The van der Waals surface area contributed by atoms with Crippen molar-refractivity contribution in [3.63, 3.8) is 0 Å². The number of carbonyl (C=O) groups is 2. The van der Waals surface area contributed by atoms with Crippen molar-refractivity contribution < 1.29 is 14.0 Å². The Labute approximate surface area is 251 Å². The molecule has 8 heteroatoms. The van der Waals surface area contributed by atoms with Crippen molar-refractivity contribution in [2.24, 2.45) is 0 Å². The number of anilines is 1. The second-order valence-corrected chi connectivity index (χ2v) is 10.6. The number of rotatable bonds is 8. The lowest BCUT2D eigenvalue weighted by molar-refractivity contribution is -0.132. The Hall–Kier alpha value is -5.24. The van der Waals surface area contributed by atoms with Crippen LogP contribution >= 0.6 is 0 Å². The second-order valence-electron chi connectivity index (χ2n) is 10.6. The van der Waals surface area contributed by atoms with Crippen LogP contribution in [0.2, 0.25) is 0 Å². The molecule has 2 aromatic heterocycles. The first kappa shape index (κ1) is 27.9. The van der Waals surface area contributed by atoms with E-state index in [2.05, 4.69) is 51.5 Å². The highest BCUT2D eigenvalue weighted by Gasteiger charge is 2.27. The molecule has 5 aromatic rings. The SMILES string of the molecule is Cc1ccccc1C(=O)N(CC(=O)N1CCN(c2ccc(-c3ccc(-c4ccccc4)cc3)nn2)CC1)Cc1ccco1. The summed E-state index contributed by atoms with van der Waals surface area (Å²) in [4.78, 5) is 32.3. The van der Waals surface area contributed by atoms with E-state index in [0.717, 1.165) is 28.2 Å². The maximum atomic E-state index is 13.4. The topological polar surface area (TPSA) is 82.8 Å². The number of benzene rings is 3. The summed E-state index contributed by atoms with van der Waals surface area (Å²) in [6.45, 7) is 4.45. The Morgan fingerprint density at radius 3 is 2.12 bits per heavy atom. The quantitative estimate of drug-likeness (QED) is 0.238. The predicted molar refractivity (Wildman–Crippen MR) is 166 cm³/mol. The van der Waals surface area contributed by atoms with Crippen LogP contribution in [0.25, 0.3) is 22.4 Å². The Balaban J connectivity index is 1.07. The molecule has 0 bridgehead atoms. The number of hydrogen-bond donors (Lipinski definition) is 0. The lowest BCUT2D eigenvalue weighted by Gasteiger charge is -2.36. The number of furan rings is 1. The summed E-state index contributed by atoms with van der Waals surface area (Å²) in [6.07, 6.45) is 1.57.